The van der Waals surface area contributed by atoms with Crippen LogP contribution in [0.5, 0.6) is 0 Å². The van der Waals surface area contributed by atoms with Gasteiger partial charge in [-0.15, -0.1) is 0 Å². The lowest BCUT2D eigenvalue weighted by Gasteiger charge is -1.98. The van der Waals surface area contributed by atoms with Crippen LogP contribution in [-0.4, -0.2) is 26.7 Å². The predicted octanol–water partition coefficient (Wildman–Crippen LogP) is 2.79. The van der Waals surface area contributed by atoms with Crippen molar-refractivity contribution in [2.45, 2.75) is 19.8 Å². The summed E-state index contributed by atoms with van der Waals surface area (Å²) in [5.74, 6) is 0.925. The van der Waals surface area contributed by atoms with Gasteiger partial charge in [0.05, 0.1) is 11.9 Å². The number of nitrogens with zero attached hydrogens (tertiary/aromatic N) is 1. The summed E-state index contributed by atoms with van der Waals surface area (Å²) in [4.78, 5) is 11.1. The van der Waals surface area contributed by atoms with Crippen molar-refractivity contribution in [1.29, 1.82) is 0 Å². The summed E-state index contributed by atoms with van der Waals surface area (Å²) >= 11 is 0. The van der Waals surface area contributed by atoms with Crippen LogP contribution in [0, 0.1) is 6.92 Å². The van der Waals surface area contributed by atoms with E-state index >= 15 is 0 Å². The van der Waals surface area contributed by atoms with Crippen LogP contribution < -0.4 is 0 Å². The minimum absolute atomic E-state index is 0.197. The van der Waals surface area contributed by atoms with Crippen molar-refractivity contribution in [3.63, 3.8) is 0 Å². The highest BCUT2D eigenvalue weighted by molar-refractivity contribution is 5.96. The smallest absolute Gasteiger partial charge is 0.106 e. The molecule has 0 spiro atoms. The zero-order chi connectivity index (χ0) is 13.2. The molecule has 98 valence electrons. The van der Waals surface area contributed by atoms with E-state index in [1.54, 1.807) is 0 Å². The van der Waals surface area contributed by atoms with Crippen molar-refractivity contribution in [2.24, 2.45) is 0 Å². The Morgan fingerprint density at radius 2 is 2.05 bits per heavy atom. The molecule has 1 aromatic carbocycles. The number of nitrogens with one attached hydrogen (secondary N) is 2. The Kier molecular flexibility index (Phi) is 3.09. The molecule has 0 bridgehead atoms. The Labute approximate surface area is 111 Å². The van der Waals surface area contributed by atoms with Crippen LogP contribution in [0.4, 0.5) is 0 Å². The third-order valence-corrected chi connectivity index (χ3v) is 3.36. The number of aliphatic hydroxyl groups excluding tert-OH is 1. The summed E-state index contributed by atoms with van der Waals surface area (Å²) in [5, 5.41) is 10.1. The Hall–Kier alpha value is -2.07. The molecule has 0 radical (unpaired) electrons. The zero-order valence-electron chi connectivity index (χ0n) is 10.9. The normalized spacial score (nSPS) is 11.3. The Morgan fingerprint density at radius 3 is 2.89 bits per heavy atom. The van der Waals surface area contributed by atoms with E-state index in [1.807, 2.05) is 18.3 Å². The molecule has 3 aromatic rings. The molecule has 0 amide bonds. The maximum absolute atomic E-state index is 8.86. The fraction of sp³-hybridized carbons (Fsp3) is 0.267. The standard InChI is InChI=1S/C15H17N3O/c1-10-15(11-5-2-3-6-12(11)17-10)13-9-16-14(18-13)7-4-8-19/h2-3,5-6,9,17,19H,4,7-8H2,1H3,(H,16,18). The molecule has 0 saturated carbocycles. The van der Waals surface area contributed by atoms with Gasteiger partial charge in [0, 0.05) is 35.2 Å². The first-order valence-electron chi connectivity index (χ1n) is 6.52. The quantitative estimate of drug-likeness (QED) is 0.671. The van der Waals surface area contributed by atoms with E-state index in [4.69, 9.17) is 5.11 Å². The Morgan fingerprint density at radius 1 is 1.21 bits per heavy atom. The topological polar surface area (TPSA) is 64.7 Å². The number of benzene rings is 1. The van der Waals surface area contributed by atoms with Gasteiger partial charge >= 0.3 is 0 Å². The highest BCUT2D eigenvalue weighted by Crippen LogP contribution is 2.30. The first kappa shape index (κ1) is 12.0. The maximum atomic E-state index is 8.86. The first-order chi connectivity index (χ1) is 9.29. The molecule has 0 unspecified atom stereocenters. The van der Waals surface area contributed by atoms with Gasteiger partial charge < -0.3 is 15.1 Å². The van der Waals surface area contributed by atoms with Crippen LogP contribution in [0.3, 0.4) is 0 Å². The molecule has 0 aliphatic heterocycles. The third kappa shape index (κ3) is 2.15. The van der Waals surface area contributed by atoms with Gasteiger partial charge in [-0.1, -0.05) is 18.2 Å². The van der Waals surface area contributed by atoms with Gasteiger partial charge in [-0.3, -0.25) is 0 Å². The van der Waals surface area contributed by atoms with Gasteiger partial charge in [-0.05, 0) is 19.4 Å². The van der Waals surface area contributed by atoms with Crippen molar-refractivity contribution < 1.29 is 5.11 Å². The molecule has 4 heteroatoms. The van der Waals surface area contributed by atoms with Crippen molar-refractivity contribution in [1.82, 2.24) is 15.0 Å². The fourth-order valence-corrected chi connectivity index (χ4v) is 2.49. The molecule has 3 rings (SSSR count). The van der Waals surface area contributed by atoms with E-state index in [2.05, 4.69) is 34.0 Å². The third-order valence-electron chi connectivity index (χ3n) is 3.36. The van der Waals surface area contributed by atoms with Crippen LogP contribution in [0.1, 0.15) is 17.9 Å². The number of aryl methyl sites for hydroxylation is 2. The second-order valence-corrected chi connectivity index (χ2v) is 4.74. The van der Waals surface area contributed by atoms with E-state index in [0.717, 1.165) is 35.6 Å². The van der Waals surface area contributed by atoms with Gasteiger partial charge in [-0.25, -0.2) is 4.98 Å². The van der Waals surface area contributed by atoms with E-state index in [9.17, 15) is 0 Å². The van der Waals surface area contributed by atoms with E-state index < -0.39 is 0 Å². The predicted molar refractivity (Wildman–Crippen MR) is 76.0 cm³/mol. The fourth-order valence-electron chi connectivity index (χ4n) is 2.49. The average molecular weight is 255 g/mol. The first-order valence-corrected chi connectivity index (χ1v) is 6.52. The minimum atomic E-state index is 0.197. The molecule has 0 atom stereocenters. The van der Waals surface area contributed by atoms with Gasteiger partial charge in [0.15, 0.2) is 0 Å². The van der Waals surface area contributed by atoms with E-state index in [-0.39, 0.29) is 6.61 Å². The number of para-hydroxylation sites is 1. The second kappa shape index (κ2) is 4.90. The molecule has 0 saturated heterocycles. The molecule has 2 aromatic heterocycles. The highest BCUT2D eigenvalue weighted by atomic mass is 16.2. The van der Waals surface area contributed by atoms with Crippen molar-refractivity contribution in [3.05, 3.63) is 42.0 Å². The molecule has 19 heavy (non-hydrogen) atoms. The summed E-state index contributed by atoms with van der Waals surface area (Å²) in [5.41, 5.74) is 4.49. The number of hydrogen-bond acceptors (Lipinski definition) is 2. The lowest BCUT2D eigenvalue weighted by Crippen LogP contribution is -1.91. The molecule has 0 fully saturated rings. The molecule has 2 heterocycles. The van der Waals surface area contributed by atoms with E-state index in [1.165, 1.54) is 10.9 Å². The van der Waals surface area contributed by atoms with Crippen molar-refractivity contribution in [2.75, 3.05) is 6.61 Å². The molecule has 0 aliphatic rings. The number of rotatable bonds is 4. The summed E-state index contributed by atoms with van der Waals surface area (Å²) in [6.07, 6.45) is 3.38. The second-order valence-electron chi connectivity index (χ2n) is 4.74. The molecule has 3 N–H and O–H groups in total. The van der Waals surface area contributed by atoms with Gasteiger partial charge in [0.25, 0.3) is 0 Å². The Bertz CT molecular complexity index is 696. The minimum Gasteiger partial charge on any atom is -0.396 e. The highest BCUT2D eigenvalue weighted by Gasteiger charge is 2.12. The number of aromatic amines is 2. The number of hydrogen-bond donors (Lipinski definition) is 3. The monoisotopic (exact) mass is 255 g/mol. The number of fused-ring (bicyclic) bond motifs is 1. The maximum Gasteiger partial charge on any atom is 0.106 e. The largest absolute Gasteiger partial charge is 0.396 e. The Balaban J connectivity index is 2.04. The van der Waals surface area contributed by atoms with E-state index in [0.29, 0.717) is 0 Å². The van der Waals surface area contributed by atoms with Gasteiger partial charge in [-0.2, -0.15) is 0 Å². The molecular weight excluding hydrogens is 238 g/mol. The number of imidazole rings is 1. The van der Waals surface area contributed by atoms with Crippen LogP contribution in [0.2, 0.25) is 0 Å². The van der Waals surface area contributed by atoms with Crippen LogP contribution >= 0.6 is 0 Å². The number of H-pyrrole nitrogens is 2. The summed E-state index contributed by atoms with van der Waals surface area (Å²) in [6.45, 7) is 2.27. The molecule has 4 nitrogen and oxygen atoms in total. The molecule has 0 aliphatic carbocycles. The lowest BCUT2D eigenvalue weighted by atomic mass is 10.1. The SMILES string of the molecule is Cc1[nH]c2ccccc2c1-c1cnc(CCCO)[nH]1. The lowest BCUT2D eigenvalue weighted by molar-refractivity contribution is 0.287. The van der Waals surface area contributed by atoms with Crippen molar-refractivity contribution in [3.8, 4) is 11.3 Å². The summed E-state index contributed by atoms with van der Waals surface area (Å²) in [6, 6.07) is 8.26. The van der Waals surface area contributed by atoms with Crippen LogP contribution in [0.15, 0.2) is 30.5 Å². The number of aromatic nitrogens is 3. The zero-order valence-corrected chi connectivity index (χ0v) is 10.9. The van der Waals surface area contributed by atoms with Gasteiger partial charge in [0.1, 0.15) is 5.82 Å². The van der Waals surface area contributed by atoms with Crippen LogP contribution in [-0.2, 0) is 6.42 Å². The van der Waals surface area contributed by atoms with Crippen molar-refractivity contribution >= 4 is 10.9 Å². The number of aliphatic hydroxyl groups is 1. The van der Waals surface area contributed by atoms with Crippen LogP contribution in [0.25, 0.3) is 22.2 Å². The summed E-state index contributed by atoms with van der Waals surface area (Å²) < 4.78 is 0. The summed E-state index contributed by atoms with van der Waals surface area (Å²) in [7, 11) is 0. The van der Waals surface area contributed by atoms with Gasteiger partial charge in [0.2, 0.25) is 0 Å². The molecular formula is C15H17N3O. The average Bonchev–Trinajstić information content (AvgIpc) is 2.99.